The molecule has 2 rings (SSSR count). The normalized spacial score (nSPS) is 12.3. The Labute approximate surface area is 181 Å². The molecule has 2 aromatic carbocycles. The van der Waals surface area contributed by atoms with Gasteiger partial charge in [-0.15, -0.1) is 0 Å². The van der Waals surface area contributed by atoms with E-state index < -0.39 is 0 Å². The maximum absolute atomic E-state index is 6.10. The van der Waals surface area contributed by atoms with Gasteiger partial charge in [-0.05, 0) is 61.6 Å². The third-order valence-corrected chi connectivity index (χ3v) is 5.36. The lowest BCUT2D eigenvalue weighted by Gasteiger charge is -2.33. The third kappa shape index (κ3) is 7.65. The predicted octanol–water partition coefficient (Wildman–Crippen LogP) is 7.64. The molecule has 0 saturated carbocycles. The van der Waals surface area contributed by atoms with Crippen LogP contribution in [0.2, 0.25) is 10.0 Å². The topological polar surface area (TPSA) is 21.3 Å². The fraction of sp³-hybridized carbons (Fsp3) is 0.455. The van der Waals surface area contributed by atoms with Crippen molar-refractivity contribution >= 4 is 39.1 Å². The van der Waals surface area contributed by atoms with Crippen LogP contribution in [0.25, 0.3) is 0 Å². The van der Waals surface area contributed by atoms with E-state index in [1.165, 1.54) is 0 Å². The van der Waals surface area contributed by atoms with Gasteiger partial charge in [0.1, 0.15) is 12.4 Å². The first kappa shape index (κ1) is 22.5. The van der Waals surface area contributed by atoms with E-state index >= 15 is 0 Å². The molecule has 0 unspecified atom stereocenters. The fourth-order valence-electron chi connectivity index (χ4n) is 3.34. The summed E-state index contributed by atoms with van der Waals surface area (Å²) in [5, 5.41) is 4.77. The molecule has 0 fully saturated rings. The van der Waals surface area contributed by atoms with Gasteiger partial charge in [-0.25, -0.2) is 0 Å². The minimum absolute atomic E-state index is 0.0293. The summed E-state index contributed by atoms with van der Waals surface area (Å²) in [6.45, 7) is 12.5. The number of benzene rings is 2. The average Bonchev–Trinajstić information content (AvgIpc) is 2.53. The van der Waals surface area contributed by atoms with Crippen LogP contribution >= 0.6 is 39.1 Å². The second-order valence-electron chi connectivity index (χ2n) is 8.76. The van der Waals surface area contributed by atoms with Gasteiger partial charge >= 0.3 is 0 Å². The van der Waals surface area contributed by atoms with Gasteiger partial charge in [0.25, 0.3) is 0 Å². The summed E-state index contributed by atoms with van der Waals surface area (Å²) in [5.41, 5.74) is 2.40. The molecule has 0 aromatic heterocycles. The molecular formula is C22H28BrCl2NO. The van der Waals surface area contributed by atoms with E-state index in [-0.39, 0.29) is 11.0 Å². The Balaban J connectivity index is 2.08. The highest BCUT2D eigenvalue weighted by Gasteiger charge is 2.25. The number of hydrogen-bond donors (Lipinski definition) is 1. The van der Waals surface area contributed by atoms with E-state index in [1.807, 2.05) is 24.3 Å². The molecule has 0 heterocycles. The van der Waals surface area contributed by atoms with Crippen LogP contribution in [0.1, 0.15) is 52.2 Å². The second-order valence-corrected chi connectivity index (χ2v) is 10.5. The van der Waals surface area contributed by atoms with Crippen molar-refractivity contribution in [2.24, 2.45) is 5.41 Å². The summed E-state index contributed by atoms with van der Waals surface area (Å²) in [6, 6.07) is 11.7. The molecule has 0 aliphatic carbocycles. The fourth-order valence-corrected chi connectivity index (χ4v) is 4.07. The Morgan fingerprint density at radius 2 is 1.67 bits per heavy atom. The smallest absolute Gasteiger partial charge is 0.124 e. The molecule has 0 aliphatic heterocycles. The van der Waals surface area contributed by atoms with Crippen LogP contribution in [0.3, 0.4) is 0 Å². The number of nitrogens with one attached hydrogen (secondary N) is 1. The SMILES string of the molecule is CC(C)(C)CC(C)(C)NCc1cc(Br)ccc1OCc1ccc(Cl)c(Cl)c1. The molecule has 0 amide bonds. The maximum atomic E-state index is 6.10. The number of halogens is 3. The molecular weight excluding hydrogens is 445 g/mol. The van der Waals surface area contributed by atoms with Crippen molar-refractivity contribution in [1.29, 1.82) is 0 Å². The van der Waals surface area contributed by atoms with Crippen LogP contribution < -0.4 is 10.1 Å². The van der Waals surface area contributed by atoms with Crippen molar-refractivity contribution < 1.29 is 4.74 Å². The number of ether oxygens (including phenoxy) is 1. The molecule has 0 saturated heterocycles. The summed E-state index contributed by atoms with van der Waals surface area (Å²) < 4.78 is 7.11. The van der Waals surface area contributed by atoms with Gasteiger partial charge in [0.2, 0.25) is 0 Å². The van der Waals surface area contributed by atoms with E-state index in [9.17, 15) is 0 Å². The Morgan fingerprint density at radius 1 is 0.963 bits per heavy atom. The minimum Gasteiger partial charge on any atom is -0.489 e. The van der Waals surface area contributed by atoms with Crippen LogP contribution in [0, 0.1) is 5.41 Å². The summed E-state index contributed by atoms with van der Waals surface area (Å²) in [4.78, 5) is 0. The zero-order valence-corrected chi connectivity index (χ0v) is 19.7. The van der Waals surface area contributed by atoms with Gasteiger partial charge in [0, 0.05) is 22.1 Å². The summed E-state index contributed by atoms with van der Waals surface area (Å²) in [5.74, 6) is 0.864. The first-order chi connectivity index (χ1) is 12.5. The molecule has 0 radical (unpaired) electrons. The lowest BCUT2D eigenvalue weighted by Crippen LogP contribution is -2.41. The zero-order chi connectivity index (χ0) is 20.2. The molecule has 2 nitrogen and oxygen atoms in total. The second kappa shape index (κ2) is 9.17. The van der Waals surface area contributed by atoms with Crippen molar-refractivity contribution in [3.05, 3.63) is 62.0 Å². The highest BCUT2D eigenvalue weighted by atomic mass is 79.9. The van der Waals surface area contributed by atoms with Crippen LogP contribution in [-0.4, -0.2) is 5.54 Å². The molecule has 5 heteroatoms. The van der Waals surface area contributed by atoms with Crippen LogP contribution in [0.5, 0.6) is 5.75 Å². The molecule has 0 atom stereocenters. The van der Waals surface area contributed by atoms with Gasteiger partial charge in [-0.3, -0.25) is 0 Å². The van der Waals surface area contributed by atoms with Gasteiger partial charge in [0.05, 0.1) is 10.0 Å². The molecule has 27 heavy (non-hydrogen) atoms. The van der Waals surface area contributed by atoms with Crippen molar-refractivity contribution in [2.75, 3.05) is 0 Å². The highest BCUT2D eigenvalue weighted by Crippen LogP contribution is 2.29. The van der Waals surface area contributed by atoms with Crippen molar-refractivity contribution in [1.82, 2.24) is 5.32 Å². The lowest BCUT2D eigenvalue weighted by molar-refractivity contribution is 0.238. The number of hydrogen-bond acceptors (Lipinski definition) is 2. The predicted molar refractivity (Wildman–Crippen MR) is 120 cm³/mol. The summed E-state index contributed by atoms with van der Waals surface area (Å²) >= 11 is 15.6. The van der Waals surface area contributed by atoms with Crippen molar-refractivity contribution in [3.8, 4) is 5.75 Å². The monoisotopic (exact) mass is 471 g/mol. The molecule has 0 bridgehead atoms. The first-order valence-electron chi connectivity index (χ1n) is 9.05. The maximum Gasteiger partial charge on any atom is 0.124 e. The molecule has 0 aliphatic rings. The van der Waals surface area contributed by atoms with Crippen LogP contribution in [0.4, 0.5) is 0 Å². The largest absolute Gasteiger partial charge is 0.489 e. The van der Waals surface area contributed by atoms with Gasteiger partial charge in [0.15, 0.2) is 0 Å². The Hall–Kier alpha value is -0.740. The molecule has 1 N–H and O–H groups in total. The molecule has 2 aromatic rings. The van der Waals surface area contributed by atoms with E-state index in [1.54, 1.807) is 6.07 Å². The van der Waals surface area contributed by atoms with E-state index in [2.05, 4.69) is 61.9 Å². The highest BCUT2D eigenvalue weighted by molar-refractivity contribution is 9.10. The van der Waals surface area contributed by atoms with E-state index in [4.69, 9.17) is 27.9 Å². The molecule has 0 spiro atoms. The lowest BCUT2D eigenvalue weighted by atomic mass is 9.82. The standard InChI is InChI=1S/C22H28BrCl2NO/c1-21(2,3)14-22(4,5)26-12-16-11-17(23)7-9-20(16)27-13-15-6-8-18(24)19(25)10-15/h6-11,26H,12-14H2,1-5H3. The molecule has 148 valence electrons. The average molecular weight is 473 g/mol. The van der Waals surface area contributed by atoms with Crippen LogP contribution in [0.15, 0.2) is 40.9 Å². The summed E-state index contributed by atoms with van der Waals surface area (Å²) in [7, 11) is 0. The van der Waals surface area contributed by atoms with E-state index in [0.29, 0.717) is 16.7 Å². The number of rotatable bonds is 7. The zero-order valence-electron chi connectivity index (χ0n) is 16.6. The van der Waals surface area contributed by atoms with Crippen LogP contribution in [-0.2, 0) is 13.2 Å². The quantitative estimate of drug-likeness (QED) is 0.446. The van der Waals surface area contributed by atoms with Gasteiger partial charge in [-0.2, -0.15) is 0 Å². The summed E-state index contributed by atoms with van der Waals surface area (Å²) in [6.07, 6.45) is 1.08. The van der Waals surface area contributed by atoms with Crippen molar-refractivity contribution in [2.45, 2.75) is 59.7 Å². The van der Waals surface area contributed by atoms with E-state index in [0.717, 1.165) is 34.3 Å². The Morgan fingerprint density at radius 3 is 2.30 bits per heavy atom. The van der Waals surface area contributed by atoms with Gasteiger partial charge < -0.3 is 10.1 Å². The van der Waals surface area contributed by atoms with Crippen molar-refractivity contribution in [3.63, 3.8) is 0 Å². The van der Waals surface area contributed by atoms with Gasteiger partial charge in [-0.1, -0.05) is 66.0 Å². The third-order valence-electron chi connectivity index (χ3n) is 4.13. The first-order valence-corrected chi connectivity index (χ1v) is 10.6. The Kier molecular flexibility index (Phi) is 7.66. The minimum atomic E-state index is 0.0293. The Bertz CT molecular complexity index is 784.